The molecule has 1 saturated heterocycles. The molecule has 3 rings (SSSR count). The van der Waals surface area contributed by atoms with Crippen LogP contribution >= 0.6 is 11.3 Å². The number of nitrogens with zero attached hydrogens (tertiary/aromatic N) is 4. The van der Waals surface area contributed by atoms with Crippen molar-refractivity contribution in [2.24, 2.45) is 7.05 Å². The Balaban J connectivity index is 1.97. The molecule has 1 aliphatic rings. The number of rotatable bonds is 2. The van der Waals surface area contributed by atoms with Crippen molar-refractivity contribution in [1.82, 2.24) is 14.7 Å². The standard InChI is InChI=1S/C16H18N4OS/c1-10-14(11(2)19(3)18-10)13-5-4-7-20(13)16(21)15-12(9-17)6-8-22-15/h6,8,13H,4-5,7H2,1-3H3/t13-/m0/s1. The van der Waals surface area contributed by atoms with Crippen LogP contribution in [0.5, 0.6) is 0 Å². The highest BCUT2D eigenvalue weighted by molar-refractivity contribution is 7.12. The number of aromatic nitrogens is 2. The van der Waals surface area contributed by atoms with E-state index in [1.54, 1.807) is 11.4 Å². The van der Waals surface area contributed by atoms with Crippen LogP contribution in [0, 0.1) is 25.2 Å². The highest BCUT2D eigenvalue weighted by Crippen LogP contribution is 2.37. The highest BCUT2D eigenvalue weighted by atomic mass is 32.1. The van der Waals surface area contributed by atoms with Crippen LogP contribution in [0.2, 0.25) is 0 Å². The topological polar surface area (TPSA) is 61.9 Å². The minimum atomic E-state index is -0.0308. The van der Waals surface area contributed by atoms with Crippen LogP contribution in [0.3, 0.4) is 0 Å². The van der Waals surface area contributed by atoms with Gasteiger partial charge in [-0.2, -0.15) is 10.4 Å². The van der Waals surface area contributed by atoms with Crippen molar-refractivity contribution in [2.75, 3.05) is 6.54 Å². The lowest BCUT2D eigenvalue weighted by Gasteiger charge is -2.25. The van der Waals surface area contributed by atoms with Crippen molar-refractivity contribution >= 4 is 17.2 Å². The third kappa shape index (κ3) is 2.22. The largest absolute Gasteiger partial charge is 0.331 e. The van der Waals surface area contributed by atoms with Gasteiger partial charge < -0.3 is 4.90 Å². The molecular weight excluding hydrogens is 296 g/mol. The van der Waals surface area contributed by atoms with Crippen LogP contribution in [0.15, 0.2) is 11.4 Å². The Bertz CT molecular complexity index is 768. The number of hydrogen-bond acceptors (Lipinski definition) is 4. The molecule has 1 amide bonds. The number of aryl methyl sites for hydroxylation is 2. The zero-order chi connectivity index (χ0) is 15.9. The Morgan fingerprint density at radius 1 is 1.50 bits per heavy atom. The van der Waals surface area contributed by atoms with Crippen LogP contribution in [0.25, 0.3) is 0 Å². The Morgan fingerprint density at radius 2 is 2.27 bits per heavy atom. The van der Waals surface area contributed by atoms with Gasteiger partial charge in [0.25, 0.3) is 5.91 Å². The summed E-state index contributed by atoms with van der Waals surface area (Å²) in [5.41, 5.74) is 3.72. The molecule has 5 nitrogen and oxygen atoms in total. The summed E-state index contributed by atoms with van der Waals surface area (Å²) in [5.74, 6) is -0.0308. The molecule has 0 aliphatic carbocycles. The Morgan fingerprint density at radius 3 is 2.91 bits per heavy atom. The number of hydrogen-bond donors (Lipinski definition) is 0. The number of nitriles is 1. The van der Waals surface area contributed by atoms with Crippen LogP contribution in [0.4, 0.5) is 0 Å². The van der Waals surface area contributed by atoms with Crippen molar-refractivity contribution in [3.05, 3.63) is 38.8 Å². The number of carbonyl (C=O) groups excluding carboxylic acids is 1. The fourth-order valence-corrected chi connectivity index (χ4v) is 4.07. The van der Waals surface area contributed by atoms with Gasteiger partial charge >= 0.3 is 0 Å². The molecule has 0 aromatic carbocycles. The predicted octanol–water partition coefficient (Wildman–Crippen LogP) is 2.95. The summed E-state index contributed by atoms with van der Waals surface area (Å²) in [5, 5.41) is 15.4. The normalized spacial score (nSPS) is 17.7. The summed E-state index contributed by atoms with van der Waals surface area (Å²) in [7, 11) is 1.93. The Labute approximate surface area is 133 Å². The van der Waals surface area contributed by atoms with Crippen molar-refractivity contribution < 1.29 is 4.79 Å². The first kappa shape index (κ1) is 14.8. The molecule has 0 spiro atoms. The zero-order valence-corrected chi connectivity index (χ0v) is 13.8. The smallest absolute Gasteiger partial charge is 0.265 e. The number of thiophene rings is 1. The maximum absolute atomic E-state index is 12.9. The van der Waals surface area contributed by atoms with Crippen molar-refractivity contribution in [3.63, 3.8) is 0 Å². The maximum atomic E-state index is 12.9. The number of likely N-dealkylation sites (tertiary alicyclic amines) is 1. The molecular formula is C16H18N4OS. The van der Waals surface area contributed by atoms with E-state index in [1.165, 1.54) is 11.3 Å². The molecule has 2 aromatic rings. The number of carbonyl (C=O) groups is 1. The summed E-state index contributed by atoms with van der Waals surface area (Å²) in [6, 6.07) is 3.88. The first-order valence-corrected chi connectivity index (χ1v) is 8.21. The first-order chi connectivity index (χ1) is 10.5. The molecule has 0 N–H and O–H groups in total. The second-order valence-corrected chi connectivity index (χ2v) is 6.56. The monoisotopic (exact) mass is 314 g/mol. The van der Waals surface area contributed by atoms with E-state index in [4.69, 9.17) is 5.26 Å². The van der Waals surface area contributed by atoms with Gasteiger partial charge in [0.15, 0.2) is 0 Å². The molecule has 2 aromatic heterocycles. The lowest BCUT2D eigenvalue weighted by molar-refractivity contribution is 0.0739. The lowest BCUT2D eigenvalue weighted by Crippen LogP contribution is -2.31. The van der Waals surface area contributed by atoms with Crippen molar-refractivity contribution in [1.29, 1.82) is 5.26 Å². The zero-order valence-electron chi connectivity index (χ0n) is 13.0. The first-order valence-electron chi connectivity index (χ1n) is 7.33. The van der Waals surface area contributed by atoms with Gasteiger partial charge in [0.2, 0.25) is 0 Å². The average Bonchev–Trinajstić information content (AvgIpc) is 3.19. The van der Waals surface area contributed by atoms with Gasteiger partial charge in [-0.05, 0) is 38.1 Å². The molecule has 22 heavy (non-hydrogen) atoms. The molecule has 114 valence electrons. The highest BCUT2D eigenvalue weighted by Gasteiger charge is 2.35. The van der Waals surface area contributed by atoms with E-state index < -0.39 is 0 Å². The molecule has 3 heterocycles. The van der Waals surface area contributed by atoms with E-state index in [1.807, 2.05) is 30.5 Å². The third-order valence-electron chi connectivity index (χ3n) is 4.39. The summed E-state index contributed by atoms with van der Waals surface area (Å²) in [6.07, 6.45) is 1.93. The molecule has 1 fully saturated rings. The SMILES string of the molecule is Cc1nn(C)c(C)c1[C@@H]1CCCN1C(=O)c1sccc1C#N. The fraction of sp³-hybridized carbons (Fsp3) is 0.438. The minimum absolute atomic E-state index is 0.0308. The van der Waals surface area contributed by atoms with Gasteiger partial charge in [-0.1, -0.05) is 0 Å². The van der Waals surface area contributed by atoms with E-state index in [-0.39, 0.29) is 11.9 Å². The van der Waals surface area contributed by atoms with Crippen molar-refractivity contribution in [2.45, 2.75) is 32.7 Å². The molecule has 0 radical (unpaired) electrons. The minimum Gasteiger partial charge on any atom is -0.331 e. The quantitative estimate of drug-likeness (QED) is 0.856. The maximum Gasteiger partial charge on any atom is 0.265 e. The van der Waals surface area contributed by atoms with E-state index in [2.05, 4.69) is 11.2 Å². The number of amides is 1. The van der Waals surface area contributed by atoms with Gasteiger partial charge in [-0.3, -0.25) is 9.48 Å². The second kappa shape index (κ2) is 5.58. The molecule has 0 bridgehead atoms. The molecule has 0 saturated carbocycles. The second-order valence-electron chi connectivity index (χ2n) is 5.64. The van der Waals surface area contributed by atoms with Gasteiger partial charge in [0.05, 0.1) is 17.3 Å². The summed E-state index contributed by atoms with van der Waals surface area (Å²) in [4.78, 5) is 15.3. The van der Waals surface area contributed by atoms with Gasteiger partial charge in [-0.15, -0.1) is 11.3 Å². The molecule has 1 aliphatic heterocycles. The predicted molar refractivity (Wildman–Crippen MR) is 84.7 cm³/mol. The van der Waals surface area contributed by atoms with Gasteiger partial charge in [0, 0.05) is 24.8 Å². The van der Waals surface area contributed by atoms with Gasteiger partial charge in [-0.25, -0.2) is 0 Å². The van der Waals surface area contributed by atoms with Crippen molar-refractivity contribution in [3.8, 4) is 6.07 Å². The third-order valence-corrected chi connectivity index (χ3v) is 5.29. The van der Waals surface area contributed by atoms with Crippen LogP contribution in [-0.4, -0.2) is 27.1 Å². The Hall–Kier alpha value is -2.13. The van der Waals surface area contributed by atoms with Crippen LogP contribution < -0.4 is 0 Å². The van der Waals surface area contributed by atoms with Gasteiger partial charge in [0.1, 0.15) is 10.9 Å². The van der Waals surface area contributed by atoms with Crippen LogP contribution in [0.1, 0.15) is 51.1 Å². The fourth-order valence-electron chi connectivity index (χ4n) is 3.28. The van der Waals surface area contributed by atoms with Crippen LogP contribution in [-0.2, 0) is 7.05 Å². The summed E-state index contributed by atoms with van der Waals surface area (Å²) >= 11 is 1.35. The summed E-state index contributed by atoms with van der Waals surface area (Å²) < 4.78 is 1.87. The molecule has 1 atom stereocenters. The van der Waals surface area contributed by atoms with E-state index >= 15 is 0 Å². The molecule has 6 heteroatoms. The Kier molecular flexibility index (Phi) is 3.75. The molecule has 0 unspecified atom stereocenters. The van der Waals surface area contributed by atoms with E-state index in [0.717, 1.165) is 36.3 Å². The summed E-state index contributed by atoms with van der Waals surface area (Å²) in [6.45, 7) is 4.78. The van der Waals surface area contributed by atoms with E-state index in [9.17, 15) is 4.79 Å². The average molecular weight is 314 g/mol. The van der Waals surface area contributed by atoms with E-state index in [0.29, 0.717) is 10.4 Å². The lowest BCUT2D eigenvalue weighted by atomic mass is 10.0.